The minimum Gasteiger partial charge on any atom is -0.377 e. The highest BCUT2D eigenvalue weighted by Crippen LogP contribution is 2.18. The summed E-state index contributed by atoms with van der Waals surface area (Å²) in [5.41, 5.74) is 1.08. The first kappa shape index (κ1) is 11.0. The van der Waals surface area contributed by atoms with Crippen molar-refractivity contribution in [1.82, 2.24) is 19.1 Å². The molecule has 7 nitrogen and oxygen atoms in total. The lowest BCUT2D eigenvalue weighted by atomic mass is 10.3. The summed E-state index contributed by atoms with van der Waals surface area (Å²) in [5.74, 6) is 0. The number of imidazole rings is 1. The van der Waals surface area contributed by atoms with E-state index in [4.69, 9.17) is 10.5 Å². The highest BCUT2D eigenvalue weighted by molar-refractivity contribution is 7.10. The molecule has 2 aromatic heterocycles. The van der Waals surface area contributed by atoms with Gasteiger partial charge in [-0.15, -0.1) is 5.10 Å². The second-order valence-corrected chi connectivity index (χ2v) is 3.85. The predicted octanol–water partition coefficient (Wildman–Crippen LogP) is 0.568. The molecule has 84 valence electrons. The van der Waals surface area contributed by atoms with E-state index >= 15 is 0 Å². The standard InChI is InChI=1S/C9H7N7S/c1-12-9-7(14-15-17-9)4-16-5-13-6(2-10)8(16)3-11/h5,12H,4H2,1H3. The van der Waals surface area contributed by atoms with Gasteiger partial charge < -0.3 is 9.88 Å². The number of nitrogens with zero attached hydrogens (tertiary/aromatic N) is 6. The van der Waals surface area contributed by atoms with Crippen molar-refractivity contribution in [1.29, 1.82) is 10.5 Å². The average Bonchev–Trinajstić information content (AvgIpc) is 2.95. The van der Waals surface area contributed by atoms with Crippen molar-refractivity contribution in [2.24, 2.45) is 0 Å². The molecule has 0 unspecified atom stereocenters. The minimum absolute atomic E-state index is 0.127. The summed E-state index contributed by atoms with van der Waals surface area (Å²) in [6.07, 6.45) is 1.45. The Labute approximate surface area is 101 Å². The summed E-state index contributed by atoms with van der Waals surface area (Å²) in [5, 5.41) is 25.5. The molecule has 0 fully saturated rings. The fourth-order valence-corrected chi connectivity index (χ4v) is 1.89. The van der Waals surface area contributed by atoms with Crippen LogP contribution in [0.2, 0.25) is 0 Å². The van der Waals surface area contributed by atoms with Gasteiger partial charge >= 0.3 is 0 Å². The molecule has 0 saturated heterocycles. The fraction of sp³-hybridized carbons (Fsp3) is 0.222. The molecule has 0 aromatic carbocycles. The van der Waals surface area contributed by atoms with E-state index in [1.54, 1.807) is 11.6 Å². The van der Waals surface area contributed by atoms with E-state index in [0.29, 0.717) is 6.54 Å². The third kappa shape index (κ3) is 1.94. The molecule has 2 heterocycles. The first-order valence-corrected chi connectivity index (χ1v) is 5.41. The predicted molar refractivity (Wildman–Crippen MR) is 60.2 cm³/mol. The van der Waals surface area contributed by atoms with E-state index in [9.17, 15) is 0 Å². The lowest BCUT2D eigenvalue weighted by Gasteiger charge is -2.02. The summed E-state index contributed by atoms with van der Waals surface area (Å²) in [4.78, 5) is 3.86. The van der Waals surface area contributed by atoms with E-state index in [1.807, 2.05) is 12.1 Å². The van der Waals surface area contributed by atoms with Gasteiger partial charge in [-0.25, -0.2) is 4.98 Å². The molecule has 2 aromatic rings. The van der Waals surface area contributed by atoms with Crippen LogP contribution in [0.25, 0.3) is 0 Å². The smallest absolute Gasteiger partial charge is 0.176 e. The number of anilines is 1. The number of nitrogens with one attached hydrogen (secondary N) is 1. The Balaban J connectivity index is 2.35. The fourth-order valence-electron chi connectivity index (χ4n) is 1.36. The minimum atomic E-state index is 0.127. The molecule has 0 radical (unpaired) electrons. The molecular formula is C9H7N7S. The van der Waals surface area contributed by atoms with Gasteiger partial charge in [0.05, 0.1) is 12.9 Å². The van der Waals surface area contributed by atoms with Crippen LogP contribution >= 0.6 is 11.5 Å². The van der Waals surface area contributed by atoms with Gasteiger partial charge in [-0.1, -0.05) is 4.49 Å². The van der Waals surface area contributed by atoms with Crippen molar-refractivity contribution in [3.63, 3.8) is 0 Å². The second-order valence-electron chi connectivity index (χ2n) is 3.09. The molecular weight excluding hydrogens is 238 g/mol. The van der Waals surface area contributed by atoms with Gasteiger partial charge in [0.1, 0.15) is 22.8 Å². The van der Waals surface area contributed by atoms with Crippen LogP contribution in [0.15, 0.2) is 6.33 Å². The van der Waals surface area contributed by atoms with Gasteiger partial charge in [0, 0.05) is 18.6 Å². The van der Waals surface area contributed by atoms with Crippen molar-refractivity contribution in [2.45, 2.75) is 6.54 Å². The van der Waals surface area contributed by atoms with Crippen LogP contribution in [0, 0.1) is 22.7 Å². The van der Waals surface area contributed by atoms with Crippen molar-refractivity contribution in [3.05, 3.63) is 23.4 Å². The van der Waals surface area contributed by atoms with Crippen LogP contribution in [0.4, 0.5) is 5.00 Å². The first-order chi connectivity index (χ1) is 8.30. The van der Waals surface area contributed by atoms with Gasteiger partial charge in [0.2, 0.25) is 0 Å². The topological polar surface area (TPSA) is 103 Å². The Hall–Kier alpha value is -2.45. The highest BCUT2D eigenvalue weighted by Gasteiger charge is 2.13. The molecule has 0 spiro atoms. The Morgan fingerprint density at radius 3 is 2.94 bits per heavy atom. The molecule has 17 heavy (non-hydrogen) atoms. The zero-order valence-corrected chi connectivity index (χ0v) is 9.69. The largest absolute Gasteiger partial charge is 0.377 e. The van der Waals surface area contributed by atoms with E-state index in [2.05, 4.69) is 19.9 Å². The number of hydrogen-bond donors (Lipinski definition) is 1. The summed E-state index contributed by atoms with van der Waals surface area (Å²) in [6, 6.07) is 3.83. The van der Waals surface area contributed by atoms with E-state index in [0.717, 1.165) is 10.7 Å². The molecule has 0 amide bonds. The Kier molecular flexibility index (Phi) is 2.99. The van der Waals surface area contributed by atoms with E-state index in [-0.39, 0.29) is 11.4 Å². The third-order valence-electron chi connectivity index (χ3n) is 2.15. The van der Waals surface area contributed by atoms with Crippen LogP contribution in [-0.4, -0.2) is 26.2 Å². The molecule has 2 rings (SSSR count). The summed E-state index contributed by atoms with van der Waals surface area (Å²) in [7, 11) is 1.78. The number of aromatic nitrogens is 4. The van der Waals surface area contributed by atoms with Gasteiger partial charge in [-0.3, -0.25) is 0 Å². The summed E-state index contributed by atoms with van der Waals surface area (Å²) < 4.78 is 5.40. The van der Waals surface area contributed by atoms with Gasteiger partial charge in [-0.05, 0) is 0 Å². The van der Waals surface area contributed by atoms with E-state index in [1.165, 1.54) is 17.9 Å². The maximum Gasteiger partial charge on any atom is 0.176 e. The van der Waals surface area contributed by atoms with Crippen molar-refractivity contribution < 1.29 is 0 Å². The molecule has 0 atom stereocenters. The lowest BCUT2D eigenvalue weighted by Crippen LogP contribution is -2.04. The summed E-state index contributed by atoms with van der Waals surface area (Å²) >= 11 is 1.24. The Bertz CT molecular complexity index is 612. The lowest BCUT2D eigenvalue weighted by molar-refractivity contribution is 0.759. The van der Waals surface area contributed by atoms with Crippen LogP contribution in [0.3, 0.4) is 0 Å². The van der Waals surface area contributed by atoms with Crippen molar-refractivity contribution >= 4 is 16.5 Å². The maximum absolute atomic E-state index is 8.96. The molecule has 0 bridgehead atoms. The molecule has 8 heteroatoms. The van der Waals surface area contributed by atoms with Crippen LogP contribution in [0.1, 0.15) is 17.1 Å². The molecule has 0 aliphatic rings. The van der Waals surface area contributed by atoms with E-state index < -0.39 is 0 Å². The van der Waals surface area contributed by atoms with Gasteiger partial charge in [0.15, 0.2) is 11.4 Å². The average molecular weight is 245 g/mol. The van der Waals surface area contributed by atoms with Crippen molar-refractivity contribution in [2.75, 3.05) is 12.4 Å². The quantitative estimate of drug-likeness (QED) is 0.847. The molecule has 0 aliphatic carbocycles. The van der Waals surface area contributed by atoms with Gasteiger partial charge in [-0.2, -0.15) is 10.5 Å². The molecule has 0 saturated carbocycles. The van der Waals surface area contributed by atoms with Crippen LogP contribution in [-0.2, 0) is 6.54 Å². The normalized spacial score (nSPS) is 9.59. The monoisotopic (exact) mass is 245 g/mol. The number of hydrogen-bond acceptors (Lipinski definition) is 7. The second kappa shape index (κ2) is 4.60. The molecule has 0 aliphatic heterocycles. The molecule has 1 N–H and O–H groups in total. The first-order valence-electron chi connectivity index (χ1n) is 4.64. The highest BCUT2D eigenvalue weighted by atomic mass is 32.1. The number of rotatable bonds is 3. The van der Waals surface area contributed by atoms with Gasteiger partial charge in [0.25, 0.3) is 0 Å². The Morgan fingerprint density at radius 2 is 2.29 bits per heavy atom. The summed E-state index contributed by atoms with van der Waals surface area (Å²) in [6.45, 7) is 0.365. The maximum atomic E-state index is 8.96. The SMILES string of the molecule is CNc1snnc1Cn1cnc(C#N)c1C#N. The number of nitriles is 2. The third-order valence-corrected chi connectivity index (χ3v) is 2.94. The zero-order chi connectivity index (χ0) is 12.3. The van der Waals surface area contributed by atoms with Crippen LogP contribution < -0.4 is 5.32 Å². The zero-order valence-electron chi connectivity index (χ0n) is 8.88. The Morgan fingerprint density at radius 1 is 1.47 bits per heavy atom. The van der Waals surface area contributed by atoms with Crippen molar-refractivity contribution in [3.8, 4) is 12.1 Å². The van der Waals surface area contributed by atoms with Crippen LogP contribution in [0.5, 0.6) is 0 Å².